The monoisotopic (exact) mass is 373 g/mol. The van der Waals surface area contributed by atoms with Crippen LogP contribution in [0.15, 0.2) is 65.1 Å². The van der Waals surface area contributed by atoms with Crippen LogP contribution in [0.4, 0.5) is 5.69 Å². The second-order valence-electron chi connectivity index (χ2n) is 6.07. The van der Waals surface area contributed by atoms with Gasteiger partial charge in [0.1, 0.15) is 5.75 Å². The Balaban J connectivity index is 2.55. The summed E-state index contributed by atoms with van der Waals surface area (Å²) in [5, 5.41) is 0. The number of anilines is 1. The SMILES string of the molecule is CCOc1ccc(N(C(=O)C=C(C)C)S(=O)(=O)c2ccc(C)cc2)cc1. The molecule has 0 radical (unpaired) electrons. The van der Waals surface area contributed by atoms with Gasteiger partial charge in [0.05, 0.1) is 17.2 Å². The number of hydrogen-bond donors (Lipinski definition) is 0. The number of aryl methyl sites for hydroxylation is 1. The Bertz CT molecular complexity index is 894. The lowest BCUT2D eigenvalue weighted by molar-refractivity contribution is -0.113. The quantitative estimate of drug-likeness (QED) is 0.716. The summed E-state index contributed by atoms with van der Waals surface area (Å²) in [6.07, 6.45) is 1.31. The molecule has 138 valence electrons. The van der Waals surface area contributed by atoms with Crippen molar-refractivity contribution >= 4 is 21.6 Å². The summed E-state index contributed by atoms with van der Waals surface area (Å²) in [6, 6.07) is 12.8. The smallest absolute Gasteiger partial charge is 0.271 e. The molecular weight excluding hydrogens is 350 g/mol. The van der Waals surface area contributed by atoms with Crippen molar-refractivity contribution in [1.29, 1.82) is 0 Å². The molecule has 0 bridgehead atoms. The molecule has 1 amide bonds. The molecule has 0 saturated carbocycles. The van der Waals surface area contributed by atoms with E-state index in [-0.39, 0.29) is 10.6 Å². The first kappa shape index (κ1) is 19.7. The third kappa shape index (κ3) is 4.52. The molecule has 0 aliphatic heterocycles. The van der Waals surface area contributed by atoms with Crippen LogP contribution in [0.5, 0.6) is 5.75 Å². The van der Waals surface area contributed by atoms with E-state index < -0.39 is 15.9 Å². The van der Waals surface area contributed by atoms with E-state index in [1.54, 1.807) is 50.2 Å². The summed E-state index contributed by atoms with van der Waals surface area (Å²) in [6.45, 7) is 7.72. The van der Waals surface area contributed by atoms with Crippen molar-refractivity contribution in [3.63, 3.8) is 0 Å². The Hall–Kier alpha value is -2.60. The van der Waals surface area contributed by atoms with Gasteiger partial charge in [-0.3, -0.25) is 4.79 Å². The van der Waals surface area contributed by atoms with Crippen LogP contribution in [-0.2, 0) is 14.8 Å². The molecule has 0 spiro atoms. The van der Waals surface area contributed by atoms with Crippen LogP contribution >= 0.6 is 0 Å². The minimum absolute atomic E-state index is 0.0625. The molecule has 2 rings (SSSR count). The van der Waals surface area contributed by atoms with Gasteiger partial charge in [-0.25, -0.2) is 8.42 Å². The number of allylic oxidation sites excluding steroid dienone is 1. The number of nitrogens with zero attached hydrogens (tertiary/aromatic N) is 1. The second kappa shape index (κ2) is 8.19. The summed E-state index contributed by atoms with van der Waals surface area (Å²) in [5.74, 6) is -0.00617. The molecule has 0 aromatic heterocycles. The maximum absolute atomic E-state index is 13.1. The van der Waals surface area contributed by atoms with Gasteiger partial charge in [-0.05, 0) is 64.1 Å². The predicted octanol–water partition coefficient (Wildman–Crippen LogP) is 4.08. The fourth-order valence-corrected chi connectivity index (χ4v) is 3.73. The van der Waals surface area contributed by atoms with Gasteiger partial charge in [-0.2, -0.15) is 4.31 Å². The third-order valence-electron chi connectivity index (χ3n) is 3.55. The average Bonchev–Trinajstić information content (AvgIpc) is 2.56. The highest BCUT2D eigenvalue weighted by Crippen LogP contribution is 2.27. The van der Waals surface area contributed by atoms with Gasteiger partial charge in [0.2, 0.25) is 0 Å². The van der Waals surface area contributed by atoms with Crippen molar-refractivity contribution in [2.24, 2.45) is 0 Å². The zero-order chi connectivity index (χ0) is 19.3. The molecule has 26 heavy (non-hydrogen) atoms. The van der Waals surface area contributed by atoms with Crippen molar-refractivity contribution in [1.82, 2.24) is 0 Å². The topological polar surface area (TPSA) is 63.7 Å². The minimum Gasteiger partial charge on any atom is -0.494 e. The lowest BCUT2D eigenvalue weighted by Crippen LogP contribution is -2.36. The number of hydrogen-bond acceptors (Lipinski definition) is 4. The summed E-state index contributed by atoms with van der Waals surface area (Å²) in [7, 11) is -4.04. The predicted molar refractivity (Wildman–Crippen MR) is 103 cm³/mol. The fourth-order valence-electron chi connectivity index (χ4n) is 2.35. The van der Waals surface area contributed by atoms with E-state index >= 15 is 0 Å². The van der Waals surface area contributed by atoms with Crippen LogP contribution in [0.25, 0.3) is 0 Å². The number of carbonyl (C=O) groups is 1. The highest BCUT2D eigenvalue weighted by Gasteiger charge is 2.29. The molecule has 0 saturated heterocycles. The Morgan fingerprint density at radius 3 is 2.12 bits per heavy atom. The minimum atomic E-state index is -4.04. The van der Waals surface area contributed by atoms with Gasteiger partial charge in [-0.1, -0.05) is 23.3 Å². The highest BCUT2D eigenvalue weighted by molar-refractivity contribution is 7.93. The molecule has 2 aromatic carbocycles. The first-order valence-corrected chi connectivity index (χ1v) is 9.73. The fraction of sp³-hybridized carbons (Fsp3) is 0.250. The summed E-state index contributed by atoms with van der Waals surface area (Å²) >= 11 is 0. The van der Waals surface area contributed by atoms with Crippen molar-refractivity contribution in [3.8, 4) is 5.75 Å². The lowest BCUT2D eigenvalue weighted by atomic mass is 10.2. The molecule has 6 heteroatoms. The molecule has 0 unspecified atom stereocenters. The summed E-state index contributed by atoms with van der Waals surface area (Å²) in [5.41, 5.74) is 1.91. The average molecular weight is 373 g/mol. The van der Waals surface area contributed by atoms with E-state index in [0.29, 0.717) is 17.9 Å². The molecule has 0 aliphatic rings. The van der Waals surface area contributed by atoms with Crippen molar-refractivity contribution in [2.45, 2.75) is 32.6 Å². The molecule has 2 aromatic rings. The van der Waals surface area contributed by atoms with Crippen LogP contribution in [0, 0.1) is 6.92 Å². The van der Waals surface area contributed by atoms with E-state index in [1.165, 1.54) is 18.2 Å². The van der Waals surface area contributed by atoms with Crippen LogP contribution in [-0.4, -0.2) is 20.9 Å². The molecule has 5 nitrogen and oxygen atoms in total. The summed E-state index contributed by atoms with van der Waals surface area (Å²) < 4.78 is 32.4. The second-order valence-corrected chi connectivity index (χ2v) is 7.86. The van der Waals surface area contributed by atoms with E-state index in [2.05, 4.69) is 0 Å². The summed E-state index contributed by atoms with van der Waals surface area (Å²) in [4.78, 5) is 12.8. The number of sulfonamides is 1. The molecular formula is C20H23NO4S. The molecule has 0 atom stereocenters. The Morgan fingerprint density at radius 1 is 1.04 bits per heavy atom. The van der Waals surface area contributed by atoms with E-state index in [1.807, 2.05) is 13.8 Å². The number of amides is 1. The van der Waals surface area contributed by atoms with Gasteiger partial charge >= 0.3 is 0 Å². The first-order chi connectivity index (χ1) is 12.3. The normalized spacial score (nSPS) is 10.9. The molecule has 0 N–H and O–H groups in total. The molecule has 0 heterocycles. The number of carbonyl (C=O) groups excluding carboxylic acids is 1. The lowest BCUT2D eigenvalue weighted by Gasteiger charge is -2.22. The molecule has 0 fully saturated rings. The number of ether oxygens (including phenoxy) is 1. The van der Waals surface area contributed by atoms with Crippen molar-refractivity contribution in [2.75, 3.05) is 10.9 Å². The van der Waals surface area contributed by atoms with Crippen LogP contribution in [0.1, 0.15) is 26.3 Å². The Morgan fingerprint density at radius 2 is 1.62 bits per heavy atom. The maximum Gasteiger partial charge on any atom is 0.271 e. The van der Waals surface area contributed by atoms with Crippen molar-refractivity contribution in [3.05, 3.63) is 65.7 Å². The number of benzene rings is 2. The Labute approximate surface area is 155 Å². The highest BCUT2D eigenvalue weighted by atomic mass is 32.2. The zero-order valence-corrected chi connectivity index (χ0v) is 16.2. The van der Waals surface area contributed by atoms with Gasteiger partial charge in [-0.15, -0.1) is 0 Å². The van der Waals surface area contributed by atoms with E-state index in [4.69, 9.17) is 4.74 Å². The largest absolute Gasteiger partial charge is 0.494 e. The third-order valence-corrected chi connectivity index (χ3v) is 5.29. The molecule has 0 aliphatic carbocycles. The standard InChI is InChI=1S/C20H23NO4S/c1-5-25-18-10-8-17(9-11-18)21(20(22)14-15(2)3)26(23,24)19-12-6-16(4)7-13-19/h6-14H,5H2,1-4H3. The van der Waals surface area contributed by atoms with Crippen LogP contribution in [0.3, 0.4) is 0 Å². The van der Waals surface area contributed by atoms with Gasteiger partial charge in [0, 0.05) is 6.08 Å². The van der Waals surface area contributed by atoms with E-state index in [9.17, 15) is 13.2 Å². The van der Waals surface area contributed by atoms with Crippen LogP contribution < -0.4 is 9.04 Å². The van der Waals surface area contributed by atoms with Gasteiger partial charge in [0.25, 0.3) is 15.9 Å². The van der Waals surface area contributed by atoms with Gasteiger partial charge < -0.3 is 4.74 Å². The van der Waals surface area contributed by atoms with Gasteiger partial charge in [0.15, 0.2) is 0 Å². The first-order valence-electron chi connectivity index (χ1n) is 8.29. The van der Waals surface area contributed by atoms with E-state index in [0.717, 1.165) is 9.87 Å². The van der Waals surface area contributed by atoms with Crippen LogP contribution in [0.2, 0.25) is 0 Å². The van der Waals surface area contributed by atoms with Crippen molar-refractivity contribution < 1.29 is 17.9 Å². The zero-order valence-electron chi connectivity index (χ0n) is 15.4. The number of rotatable bonds is 6. The Kier molecular flexibility index (Phi) is 6.21. The maximum atomic E-state index is 13.1.